The van der Waals surface area contributed by atoms with Gasteiger partial charge in [0.1, 0.15) is 0 Å². The predicted molar refractivity (Wildman–Crippen MR) is 85.7 cm³/mol. The maximum absolute atomic E-state index is 3.67. The zero-order chi connectivity index (χ0) is 13.9. The highest BCUT2D eigenvalue weighted by Crippen LogP contribution is 2.21. The standard InChI is InChI=1S/C17H36N2/c1-4-5-7-11-16(2)18-14-10-15-19(3)17-12-8-6-9-13-17/h16-18H,4-15H2,1-3H3. The Bertz CT molecular complexity index is 199. The quantitative estimate of drug-likeness (QED) is 0.597. The van der Waals surface area contributed by atoms with Crippen LogP contribution in [0, 0.1) is 0 Å². The van der Waals surface area contributed by atoms with Gasteiger partial charge in [0.25, 0.3) is 0 Å². The van der Waals surface area contributed by atoms with E-state index in [1.54, 1.807) is 0 Å². The Hall–Kier alpha value is -0.0800. The van der Waals surface area contributed by atoms with E-state index in [0.717, 1.165) is 6.04 Å². The van der Waals surface area contributed by atoms with Crippen molar-refractivity contribution >= 4 is 0 Å². The fourth-order valence-electron chi connectivity index (χ4n) is 3.18. The van der Waals surface area contributed by atoms with Crippen LogP contribution in [0.5, 0.6) is 0 Å². The SMILES string of the molecule is CCCCCC(C)NCCCN(C)C1CCCCC1. The molecule has 1 aliphatic rings. The van der Waals surface area contributed by atoms with Crippen molar-refractivity contribution in [3.63, 3.8) is 0 Å². The average Bonchev–Trinajstić information content (AvgIpc) is 2.44. The molecule has 0 aliphatic heterocycles. The van der Waals surface area contributed by atoms with E-state index < -0.39 is 0 Å². The van der Waals surface area contributed by atoms with Gasteiger partial charge in [-0.2, -0.15) is 0 Å². The fourth-order valence-corrected chi connectivity index (χ4v) is 3.18. The number of nitrogens with one attached hydrogen (secondary N) is 1. The van der Waals surface area contributed by atoms with Gasteiger partial charge in [0.15, 0.2) is 0 Å². The van der Waals surface area contributed by atoms with E-state index in [-0.39, 0.29) is 0 Å². The van der Waals surface area contributed by atoms with E-state index >= 15 is 0 Å². The first-order chi connectivity index (χ1) is 9.24. The lowest BCUT2D eigenvalue weighted by Crippen LogP contribution is -2.36. The Kier molecular flexibility index (Phi) is 9.54. The summed E-state index contributed by atoms with van der Waals surface area (Å²) in [5.74, 6) is 0. The number of hydrogen-bond acceptors (Lipinski definition) is 2. The number of rotatable bonds is 10. The molecule has 0 aromatic rings. The second kappa shape index (κ2) is 10.7. The molecule has 0 aromatic carbocycles. The second-order valence-corrected chi connectivity index (χ2v) is 6.48. The molecule has 1 atom stereocenters. The summed E-state index contributed by atoms with van der Waals surface area (Å²) in [5.41, 5.74) is 0. The van der Waals surface area contributed by atoms with Gasteiger partial charge in [-0.1, -0.05) is 45.4 Å². The van der Waals surface area contributed by atoms with Crippen molar-refractivity contribution in [2.75, 3.05) is 20.1 Å². The van der Waals surface area contributed by atoms with Crippen molar-refractivity contribution in [2.24, 2.45) is 0 Å². The van der Waals surface area contributed by atoms with Crippen molar-refractivity contribution in [1.82, 2.24) is 10.2 Å². The Morgan fingerprint density at radius 3 is 2.53 bits per heavy atom. The van der Waals surface area contributed by atoms with Gasteiger partial charge < -0.3 is 10.2 Å². The Labute approximate surface area is 121 Å². The van der Waals surface area contributed by atoms with E-state index in [9.17, 15) is 0 Å². The summed E-state index contributed by atoms with van der Waals surface area (Å²) in [4.78, 5) is 2.60. The minimum Gasteiger partial charge on any atom is -0.314 e. The smallest absolute Gasteiger partial charge is 0.00922 e. The summed E-state index contributed by atoms with van der Waals surface area (Å²) in [7, 11) is 2.32. The highest BCUT2D eigenvalue weighted by atomic mass is 15.1. The molecular weight excluding hydrogens is 232 g/mol. The molecule has 0 radical (unpaired) electrons. The van der Waals surface area contributed by atoms with Gasteiger partial charge in [0.2, 0.25) is 0 Å². The van der Waals surface area contributed by atoms with Crippen molar-refractivity contribution in [3.8, 4) is 0 Å². The van der Waals surface area contributed by atoms with Crippen LogP contribution in [0.1, 0.15) is 78.1 Å². The summed E-state index contributed by atoms with van der Waals surface area (Å²) in [6, 6.07) is 1.57. The summed E-state index contributed by atoms with van der Waals surface area (Å²) >= 11 is 0. The van der Waals surface area contributed by atoms with Crippen LogP contribution < -0.4 is 5.32 Å². The fraction of sp³-hybridized carbons (Fsp3) is 1.00. The molecule has 1 aliphatic carbocycles. The van der Waals surface area contributed by atoms with E-state index in [1.165, 1.54) is 77.3 Å². The van der Waals surface area contributed by atoms with Gasteiger partial charge in [0, 0.05) is 12.1 Å². The van der Waals surface area contributed by atoms with Gasteiger partial charge >= 0.3 is 0 Å². The topological polar surface area (TPSA) is 15.3 Å². The summed E-state index contributed by atoms with van der Waals surface area (Å²) < 4.78 is 0. The van der Waals surface area contributed by atoms with Crippen LogP contribution in [0.4, 0.5) is 0 Å². The molecule has 114 valence electrons. The lowest BCUT2D eigenvalue weighted by Gasteiger charge is -2.31. The third-order valence-electron chi connectivity index (χ3n) is 4.62. The zero-order valence-electron chi connectivity index (χ0n) is 13.6. The third kappa shape index (κ3) is 7.94. The molecule has 0 amide bonds. The monoisotopic (exact) mass is 268 g/mol. The first-order valence-corrected chi connectivity index (χ1v) is 8.67. The molecule has 1 N–H and O–H groups in total. The van der Waals surface area contributed by atoms with Gasteiger partial charge in [-0.15, -0.1) is 0 Å². The first-order valence-electron chi connectivity index (χ1n) is 8.67. The first kappa shape index (κ1) is 17.0. The molecule has 19 heavy (non-hydrogen) atoms. The molecule has 0 heterocycles. The number of nitrogens with zero attached hydrogens (tertiary/aromatic N) is 1. The summed E-state index contributed by atoms with van der Waals surface area (Å²) in [5, 5.41) is 3.67. The van der Waals surface area contributed by atoms with E-state index in [1.807, 2.05) is 0 Å². The molecule has 2 nitrogen and oxygen atoms in total. The van der Waals surface area contributed by atoms with Crippen molar-refractivity contribution < 1.29 is 0 Å². The van der Waals surface area contributed by atoms with Crippen LogP contribution in [0.2, 0.25) is 0 Å². The van der Waals surface area contributed by atoms with Crippen LogP contribution in [0.25, 0.3) is 0 Å². The van der Waals surface area contributed by atoms with E-state index in [0.29, 0.717) is 6.04 Å². The van der Waals surface area contributed by atoms with Crippen molar-refractivity contribution in [2.45, 2.75) is 90.1 Å². The molecule has 0 bridgehead atoms. The predicted octanol–water partition coefficient (Wildman–Crippen LogP) is 4.20. The number of unbranched alkanes of at least 4 members (excludes halogenated alkanes) is 2. The van der Waals surface area contributed by atoms with Gasteiger partial charge in [-0.05, 0) is 52.7 Å². The van der Waals surface area contributed by atoms with Crippen LogP contribution in [-0.2, 0) is 0 Å². The highest BCUT2D eigenvalue weighted by Gasteiger charge is 2.17. The largest absolute Gasteiger partial charge is 0.314 e. The maximum atomic E-state index is 3.67. The minimum atomic E-state index is 0.700. The minimum absolute atomic E-state index is 0.700. The van der Waals surface area contributed by atoms with Gasteiger partial charge in [-0.25, -0.2) is 0 Å². The highest BCUT2D eigenvalue weighted by molar-refractivity contribution is 4.73. The summed E-state index contributed by atoms with van der Waals surface area (Å²) in [6.45, 7) is 7.06. The molecule has 1 fully saturated rings. The molecular formula is C17H36N2. The Morgan fingerprint density at radius 2 is 1.84 bits per heavy atom. The maximum Gasteiger partial charge on any atom is 0.00922 e. The molecule has 2 heteroatoms. The lowest BCUT2D eigenvalue weighted by atomic mass is 9.94. The van der Waals surface area contributed by atoms with Crippen LogP contribution in [0.15, 0.2) is 0 Å². The molecule has 0 saturated heterocycles. The Morgan fingerprint density at radius 1 is 1.11 bits per heavy atom. The number of hydrogen-bond donors (Lipinski definition) is 1. The molecule has 0 aromatic heterocycles. The van der Waals surface area contributed by atoms with E-state index in [4.69, 9.17) is 0 Å². The van der Waals surface area contributed by atoms with Crippen molar-refractivity contribution in [1.29, 1.82) is 0 Å². The molecule has 1 unspecified atom stereocenters. The second-order valence-electron chi connectivity index (χ2n) is 6.48. The third-order valence-corrected chi connectivity index (χ3v) is 4.62. The van der Waals surface area contributed by atoms with E-state index in [2.05, 4.69) is 31.1 Å². The van der Waals surface area contributed by atoms with Crippen LogP contribution >= 0.6 is 0 Å². The Balaban J connectivity index is 1.97. The lowest BCUT2D eigenvalue weighted by molar-refractivity contribution is 0.189. The van der Waals surface area contributed by atoms with Crippen LogP contribution in [-0.4, -0.2) is 37.1 Å². The summed E-state index contributed by atoms with van der Waals surface area (Å²) in [6.07, 6.45) is 13.9. The molecule has 0 spiro atoms. The normalized spacial score (nSPS) is 18.9. The van der Waals surface area contributed by atoms with Gasteiger partial charge in [-0.3, -0.25) is 0 Å². The van der Waals surface area contributed by atoms with Crippen LogP contribution in [0.3, 0.4) is 0 Å². The molecule has 1 rings (SSSR count). The van der Waals surface area contributed by atoms with Crippen molar-refractivity contribution in [3.05, 3.63) is 0 Å². The van der Waals surface area contributed by atoms with Gasteiger partial charge in [0.05, 0.1) is 0 Å². The molecule has 1 saturated carbocycles. The zero-order valence-corrected chi connectivity index (χ0v) is 13.6. The average molecular weight is 268 g/mol.